The maximum atomic E-state index is 15.4. The highest BCUT2D eigenvalue weighted by Gasteiger charge is 2.42. The number of nitrogens with one attached hydrogen (secondary N) is 2. The number of Topliss-reactive ketones (excluding diaryl/α,β-unsaturated/α-hetero) is 1. The first-order valence-electron chi connectivity index (χ1n) is 10.5. The predicted octanol–water partition coefficient (Wildman–Crippen LogP) is 1.13. The molecule has 0 aliphatic carbocycles. The summed E-state index contributed by atoms with van der Waals surface area (Å²) in [5.41, 5.74) is -1.12. The lowest BCUT2D eigenvalue weighted by Crippen LogP contribution is -2.54. The first kappa shape index (κ1) is 21.8. The van der Waals surface area contributed by atoms with Gasteiger partial charge >= 0.3 is 0 Å². The lowest BCUT2D eigenvalue weighted by atomic mass is 9.97. The lowest BCUT2D eigenvalue weighted by molar-refractivity contribution is -0.131. The molecule has 0 radical (unpaired) electrons. The molecule has 3 heterocycles. The molecule has 31 heavy (non-hydrogen) atoms. The Kier molecular flexibility index (Phi) is 5.78. The third kappa shape index (κ3) is 3.71. The van der Waals surface area contributed by atoms with E-state index in [1.165, 1.54) is 9.80 Å². The Morgan fingerprint density at radius 3 is 2.32 bits per heavy atom. The number of carbonyl (C=O) groups excluding carboxylic acids is 3. The first-order chi connectivity index (χ1) is 14.7. The van der Waals surface area contributed by atoms with Crippen LogP contribution in [0.15, 0.2) is 0 Å². The van der Waals surface area contributed by atoms with Gasteiger partial charge in [-0.15, -0.1) is 0 Å². The number of benzene rings is 1. The smallest absolute Gasteiger partial charge is 0.258 e. The second kappa shape index (κ2) is 8.23. The number of rotatable bonds is 4. The SMILES string of the molecule is CC1CN(c2c(F)c(F)c3c(c2F)CN(C2CCC(C(=O)C=O)NC2)C3=O)CC(C)N1. The van der Waals surface area contributed by atoms with Crippen molar-refractivity contribution < 1.29 is 27.6 Å². The Morgan fingerprint density at radius 2 is 1.74 bits per heavy atom. The number of amides is 1. The van der Waals surface area contributed by atoms with Crippen LogP contribution >= 0.6 is 0 Å². The van der Waals surface area contributed by atoms with Crippen LogP contribution in [0.5, 0.6) is 0 Å². The summed E-state index contributed by atoms with van der Waals surface area (Å²) >= 11 is 0. The molecule has 4 rings (SSSR count). The van der Waals surface area contributed by atoms with Crippen molar-refractivity contribution in [3.8, 4) is 0 Å². The molecule has 1 aromatic carbocycles. The van der Waals surface area contributed by atoms with E-state index in [1.807, 2.05) is 13.8 Å². The molecule has 7 nitrogen and oxygen atoms in total. The molecule has 4 atom stereocenters. The Morgan fingerprint density at radius 1 is 1.06 bits per heavy atom. The number of fused-ring (bicyclic) bond motifs is 1. The van der Waals surface area contributed by atoms with E-state index in [-0.39, 0.29) is 37.0 Å². The van der Waals surface area contributed by atoms with E-state index in [0.717, 1.165) is 0 Å². The highest BCUT2D eigenvalue weighted by molar-refractivity contribution is 6.27. The molecular weight excluding hydrogens is 413 g/mol. The lowest BCUT2D eigenvalue weighted by Gasteiger charge is -2.38. The molecule has 0 aromatic heterocycles. The summed E-state index contributed by atoms with van der Waals surface area (Å²) in [4.78, 5) is 37.9. The van der Waals surface area contributed by atoms with Gasteiger partial charge in [0, 0.05) is 43.3 Å². The highest BCUT2D eigenvalue weighted by Crippen LogP contribution is 2.38. The van der Waals surface area contributed by atoms with E-state index >= 15 is 4.39 Å². The van der Waals surface area contributed by atoms with E-state index in [4.69, 9.17) is 0 Å². The van der Waals surface area contributed by atoms with Gasteiger partial charge in [-0.05, 0) is 26.7 Å². The van der Waals surface area contributed by atoms with E-state index < -0.39 is 52.5 Å². The summed E-state index contributed by atoms with van der Waals surface area (Å²) in [6, 6.07) is -1.11. The van der Waals surface area contributed by atoms with Crippen LogP contribution in [-0.2, 0) is 16.1 Å². The fourth-order valence-electron chi connectivity index (χ4n) is 4.97. The van der Waals surface area contributed by atoms with Crippen molar-refractivity contribution >= 4 is 23.7 Å². The van der Waals surface area contributed by atoms with Gasteiger partial charge < -0.3 is 20.4 Å². The number of carbonyl (C=O) groups is 3. The molecule has 3 aliphatic rings. The van der Waals surface area contributed by atoms with Gasteiger partial charge in [-0.25, -0.2) is 13.2 Å². The molecule has 0 spiro atoms. The van der Waals surface area contributed by atoms with Crippen molar-refractivity contribution in [3.05, 3.63) is 28.6 Å². The minimum atomic E-state index is -1.34. The first-order valence-corrected chi connectivity index (χ1v) is 10.5. The van der Waals surface area contributed by atoms with Crippen molar-refractivity contribution in [2.24, 2.45) is 0 Å². The van der Waals surface area contributed by atoms with Gasteiger partial charge in [-0.1, -0.05) is 0 Å². The molecule has 4 unspecified atom stereocenters. The fraction of sp³-hybridized carbons (Fsp3) is 0.571. The zero-order valence-corrected chi connectivity index (χ0v) is 17.4. The van der Waals surface area contributed by atoms with Gasteiger partial charge in [0.25, 0.3) is 5.91 Å². The molecule has 2 saturated heterocycles. The summed E-state index contributed by atoms with van der Waals surface area (Å²) in [5, 5.41) is 6.17. The van der Waals surface area contributed by atoms with Gasteiger partial charge in [-0.2, -0.15) is 0 Å². The number of halogens is 3. The number of aldehydes is 1. The van der Waals surface area contributed by atoms with Crippen molar-refractivity contribution in [1.29, 1.82) is 0 Å². The molecule has 0 saturated carbocycles. The summed E-state index contributed by atoms with van der Waals surface area (Å²) in [5.74, 6) is -4.89. The third-order valence-electron chi connectivity index (χ3n) is 6.36. The second-order valence-corrected chi connectivity index (χ2v) is 8.66. The van der Waals surface area contributed by atoms with E-state index in [2.05, 4.69) is 10.6 Å². The van der Waals surface area contributed by atoms with E-state index in [0.29, 0.717) is 25.9 Å². The molecule has 3 aliphatic heterocycles. The van der Waals surface area contributed by atoms with Gasteiger partial charge in [0.15, 0.2) is 23.7 Å². The average molecular weight is 438 g/mol. The summed E-state index contributed by atoms with van der Waals surface area (Å²) in [6.45, 7) is 4.42. The predicted molar refractivity (Wildman–Crippen MR) is 106 cm³/mol. The molecule has 0 bridgehead atoms. The van der Waals surface area contributed by atoms with Crippen LogP contribution in [0.2, 0.25) is 0 Å². The van der Waals surface area contributed by atoms with Crippen LogP contribution in [0.1, 0.15) is 42.6 Å². The summed E-state index contributed by atoms with van der Waals surface area (Å²) in [6.07, 6.45) is 0.966. The van der Waals surface area contributed by atoms with Crippen molar-refractivity contribution in [3.63, 3.8) is 0 Å². The van der Waals surface area contributed by atoms with Crippen LogP contribution in [0, 0.1) is 17.5 Å². The molecule has 168 valence electrons. The Bertz CT molecular complexity index is 923. The minimum absolute atomic E-state index is 0.0349. The number of anilines is 1. The van der Waals surface area contributed by atoms with Crippen LogP contribution in [-0.4, -0.2) is 66.7 Å². The Labute approximate surface area is 177 Å². The molecule has 1 aromatic rings. The zero-order valence-electron chi connectivity index (χ0n) is 17.4. The molecule has 1 amide bonds. The van der Waals surface area contributed by atoms with Crippen molar-refractivity contribution in [1.82, 2.24) is 15.5 Å². The van der Waals surface area contributed by atoms with Gasteiger partial charge in [0.05, 0.1) is 18.2 Å². The number of piperidine rings is 1. The number of hydrogen-bond acceptors (Lipinski definition) is 6. The molecular formula is C21H25F3N4O3. The van der Waals surface area contributed by atoms with Crippen LogP contribution in [0.25, 0.3) is 0 Å². The Hall–Kier alpha value is -2.46. The van der Waals surface area contributed by atoms with Gasteiger partial charge in [0.1, 0.15) is 5.69 Å². The number of nitrogens with zero attached hydrogens (tertiary/aromatic N) is 2. The van der Waals surface area contributed by atoms with Crippen LogP contribution in [0.4, 0.5) is 18.9 Å². The summed E-state index contributed by atoms with van der Waals surface area (Å²) in [7, 11) is 0. The zero-order chi connectivity index (χ0) is 22.4. The van der Waals surface area contributed by atoms with Crippen LogP contribution < -0.4 is 15.5 Å². The average Bonchev–Trinajstić information content (AvgIpc) is 3.09. The molecule has 2 N–H and O–H groups in total. The number of ketones is 1. The van der Waals surface area contributed by atoms with Crippen LogP contribution in [0.3, 0.4) is 0 Å². The normalized spacial score (nSPS) is 28.6. The van der Waals surface area contributed by atoms with Crippen molar-refractivity contribution in [2.75, 3.05) is 24.5 Å². The van der Waals surface area contributed by atoms with E-state index in [1.54, 1.807) is 0 Å². The maximum Gasteiger partial charge on any atom is 0.258 e. The largest absolute Gasteiger partial charge is 0.364 e. The number of hydrogen-bond donors (Lipinski definition) is 2. The fourth-order valence-corrected chi connectivity index (χ4v) is 4.97. The quantitative estimate of drug-likeness (QED) is 0.417. The maximum absolute atomic E-state index is 15.4. The standard InChI is InChI=1S/C21H25F3N4O3/c1-10-6-27(7-11(2)26-10)20-17(22)13-8-28(21(31)16(13)18(23)19(20)24)12-3-4-14(25-5-12)15(30)9-29/h9-12,14,25-26H,3-8H2,1-2H3. The third-order valence-corrected chi connectivity index (χ3v) is 6.36. The molecule has 2 fully saturated rings. The van der Waals surface area contributed by atoms with Gasteiger partial charge in [0.2, 0.25) is 5.78 Å². The second-order valence-electron chi connectivity index (χ2n) is 8.66. The highest BCUT2D eigenvalue weighted by atomic mass is 19.2. The van der Waals surface area contributed by atoms with Gasteiger partial charge in [-0.3, -0.25) is 14.4 Å². The topological polar surface area (TPSA) is 81.8 Å². The minimum Gasteiger partial charge on any atom is -0.364 e. The van der Waals surface area contributed by atoms with Crippen molar-refractivity contribution in [2.45, 2.75) is 57.4 Å². The van der Waals surface area contributed by atoms with E-state index in [9.17, 15) is 23.2 Å². The summed E-state index contributed by atoms with van der Waals surface area (Å²) < 4.78 is 45.3. The molecule has 10 heteroatoms. The number of piperazine rings is 1. The Balaban J connectivity index is 1.61. The monoisotopic (exact) mass is 438 g/mol.